The lowest BCUT2D eigenvalue weighted by atomic mass is 9.99. The Hall–Kier alpha value is -1.81. The van der Waals surface area contributed by atoms with Gasteiger partial charge in [-0.3, -0.25) is 5.10 Å². The normalized spacial score (nSPS) is 14.1. The Labute approximate surface area is 106 Å². The fraction of sp³-hybridized carbons (Fsp3) is 0.357. The van der Waals surface area contributed by atoms with Gasteiger partial charge in [-0.05, 0) is 43.1 Å². The molecule has 1 aliphatic heterocycles. The standard InChI is InChI=1S/C14H17N3O/c1-15-9-13-12(8-16-17-13)10-4-5-14-11(7-10)3-2-6-18-14/h4-5,7-8,15H,2-3,6,9H2,1H3,(H,16,17). The van der Waals surface area contributed by atoms with Crippen LogP contribution in [-0.2, 0) is 13.0 Å². The molecule has 94 valence electrons. The van der Waals surface area contributed by atoms with E-state index in [0.29, 0.717) is 0 Å². The number of nitrogens with zero attached hydrogens (tertiary/aromatic N) is 1. The molecule has 3 rings (SSSR count). The SMILES string of the molecule is CNCc1[nH]ncc1-c1ccc2c(c1)CCCO2. The molecule has 1 aromatic carbocycles. The number of aromatic amines is 1. The topological polar surface area (TPSA) is 49.9 Å². The lowest BCUT2D eigenvalue weighted by Crippen LogP contribution is -2.08. The second kappa shape index (κ2) is 4.82. The highest BCUT2D eigenvalue weighted by Crippen LogP contribution is 2.30. The van der Waals surface area contributed by atoms with Crippen molar-refractivity contribution in [2.45, 2.75) is 19.4 Å². The van der Waals surface area contributed by atoms with Crippen molar-refractivity contribution in [1.82, 2.24) is 15.5 Å². The average molecular weight is 243 g/mol. The Bertz CT molecular complexity index is 548. The maximum atomic E-state index is 5.64. The van der Waals surface area contributed by atoms with Crippen LogP contribution in [-0.4, -0.2) is 23.9 Å². The zero-order valence-corrected chi connectivity index (χ0v) is 10.5. The number of H-pyrrole nitrogens is 1. The third-order valence-electron chi connectivity index (χ3n) is 3.29. The van der Waals surface area contributed by atoms with E-state index in [0.717, 1.165) is 43.0 Å². The summed E-state index contributed by atoms with van der Waals surface area (Å²) in [5, 5.41) is 10.3. The van der Waals surface area contributed by atoms with Gasteiger partial charge in [0.2, 0.25) is 0 Å². The van der Waals surface area contributed by atoms with Gasteiger partial charge in [-0.15, -0.1) is 0 Å². The van der Waals surface area contributed by atoms with E-state index in [4.69, 9.17) is 4.74 Å². The monoisotopic (exact) mass is 243 g/mol. The van der Waals surface area contributed by atoms with Crippen LogP contribution in [0.5, 0.6) is 5.75 Å². The first-order valence-corrected chi connectivity index (χ1v) is 6.31. The molecule has 0 unspecified atom stereocenters. The Kier molecular flexibility index (Phi) is 3.02. The predicted molar refractivity (Wildman–Crippen MR) is 70.6 cm³/mol. The van der Waals surface area contributed by atoms with Crippen molar-refractivity contribution in [3.63, 3.8) is 0 Å². The number of nitrogens with one attached hydrogen (secondary N) is 2. The molecule has 4 nitrogen and oxygen atoms in total. The lowest BCUT2D eigenvalue weighted by Gasteiger charge is -2.17. The van der Waals surface area contributed by atoms with E-state index in [9.17, 15) is 0 Å². The van der Waals surface area contributed by atoms with Crippen LogP contribution in [0.1, 0.15) is 17.7 Å². The molecule has 0 bridgehead atoms. The second-order valence-corrected chi connectivity index (χ2v) is 4.57. The molecule has 0 spiro atoms. The Morgan fingerprint density at radius 3 is 3.28 bits per heavy atom. The molecule has 1 aliphatic rings. The van der Waals surface area contributed by atoms with Crippen LogP contribution in [0.4, 0.5) is 0 Å². The van der Waals surface area contributed by atoms with E-state index >= 15 is 0 Å². The Balaban J connectivity index is 1.98. The Morgan fingerprint density at radius 2 is 2.39 bits per heavy atom. The minimum absolute atomic E-state index is 0.795. The maximum Gasteiger partial charge on any atom is 0.122 e. The molecule has 18 heavy (non-hydrogen) atoms. The van der Waals surface area contributed by atoms with Crippen LogP contribution >= 0.6 is 0 Å². The summed E-state index contributed by atoms with van der Waals surface area (Å²) < 4.78 is 5.64. The summed E-state index contributed by atoms with van der Waals surface area (Å²) in [6.07, 6.45) is 4.09. The van der Waals surface area contributed by atoms with E-state index in [1.165, 1.54) is 11.1 Å². The van der Waals surface area contributed by atoms with Crippen LogP contribution in [0.2, 0.25) is 0 Å². The van der Waals surface area contributed by atoms with Crippen LogP contribution < -0.4 is 10.1 Å². The fourth-order valence-corrected chi connectivity index (χ4v) is 2.40. The van der Waals surface area contributed by atoms with Gasteiger partial charge in [-0.1, -0.05) is 6.07 Å². The van der Waals surface area contributed by atoms with Crippen molar-refractivity contribution in [3.8, 4) is 16.9 Å². The summed E-state index contributed by atoms with van der Waals surface area (Å²) in [7, 11) is 1.94. The molecule has 0 amide bonds. The van der Waals surface area contributed by atoms with E-state index < -0.39 is 0 Å². The summed E-state index contributed by atoms with van der Waals surface area (Å²) in [5.74, 6) is 1.03. The quantitative estimate of drug-likeness (QED) is 0.868. The van der Waals surface area contributed by atoms with E-state index in [-0.39, 0.29) is 0 Å². The number of aromatic nitrogens is 2. The van der Waals surface area contributed by atoms with Gasteiger partial charge in [-0.2, -0.15) is 5.10 Å². The summed E-state index contributed by atoms with van der Waals surface area (Å²) in [4.78, 5) is 0. The molecule has 1 aromatic heterocycles. The molecular weight excluding hydrogens is 226 g/mol. The zero-order chi connectivity index (χ0) is 12.4. The van der Waals surface area contributed by atoms with Gasteiger partial charge in [0.25, 0.3) is 0 Å². The minimum atomic E-state index is 0.795. The number of hydrogen-bond acceptors (Lipinski definition) is 3. The number of benzene rings is 1. The zero-order valence-electron chi connectivity index (χ0n) is 10.5. The highest BCUT2D eigenvalue weighted by atomic mass is 16.5. The van der Waals surface area contributed by atoms with Crippen molar-refractivity contribution in [2.75, 3.05) is 13.7 Å². The van der Waals surface area contributed by atoms with Crippen molar-refractivity contribution in [3.05, 3.63) is 35.7 Å². The largest absolute Gasteiger partial charge is 0.493 e. The first kappa shape index (κ1) is 11.3. The summed E-state index contributed by atoms with van der Waals surface area (Å²) in [6, 6.07) is 6.40. The summed E-state index contributed by atoms with van der Waals surface area (Å²) in [5.41, 5.74) is 4.79. The predicted octanol–water partition coefficient (Wildman–Crippen LogP) is 2.12. The average Bonchev–Trinajstić information content (AvgIpc) is 2.87. The molecule has 0 saturated carbocycles. The summed E-state index contributed by atoms with van der Waals surface area (Å²) in [6.45, 7) is 1.63. The van der Waals surface area contributed by atoms with Crippen LogP contribution in [0, 0.1) is 0 Å². The van der Waals surface area contributed by atoms with Crippen molar-refractivity contribution in [1.29, 1.82) is 0 Å². The van der Waals surface area contributed by atoms with Crippen LogP contribution in [0.25, 0.3) is 11.1 Å². The van der Waals surface area contributed by atoms with Gasteiger partial charge in [-0.25, -0.2) is 0 Å². The van der Waals surface area contributed by atoms with Crippen molar-refractivity contribution < 1.29 is 4.74 Å². The van der Waals surface area contributed by atoms with Crippen molar-refractivity contribution in [2.24, 2.45) is 0 Å². The number of aryl methyl sites for hydroxylation is 1. The maximum absolute atomic E-state index is 5.64. The highest BCUT2D eigenvalue weighted by molar-refractivity contribution is 5.67. The number of hydrogen-bond donors (Lipinski definition) is 2. The lowest BCUT2D eigenvalue weighted by molar-refractivity contribution is 0.288. The second-order valence-electron chi connectivity index (χ2n) is 4.57. The van der Waals surface area contributed by atoms with Gasteiger partial charge >= 0.3 is 0 Å². The summed E-state index contributed by atoms with van der Waals surface area (Å²) >= 11 is 0. The first-order chi connectivity index (χ1) is 8.88. The molecule has 0 atom stereocenters. The van der Waals surface area contributed by atoms with Crippen molar-refractivity contribution >= 4 is 0 Å². The number of ether oxygens (including phenoxy) is 1. The molecule has 0 aliphatic carbocycles. The van der Waals surface area contributed by atoms with Gasteiger partial charge in [0.15, 0.2) is 0 Å². The van der Waals surface area contributed by atoms with E-state index in [1.54, 1.807) is 0 Å². The first-order valence-electron chi connectivity index (χ1n) is 6.31. The molecule has 0 fully saturated rings. The van der Waals surface area contributed by atoms with Gasteiger partial charge in [0, 0.05) is 12.1 Å². The van der Waals surface area contributed by atoms with E-state index in [2.05, 4.69) is 33.7 Å². The Morgan fingerprint density at radius 1 is 1.44 bits per heavy atom. The fourth-order valence-electron chi connectivity index (χ4n) is 2.40. The molecule has 2 heterocycles. The van der Waals surface area contributed by atoms with Crippen LogP contribution in [0.15, 0.2) is 24.4 Å². The third-order valence-corrected chi connectivity index (χ3v) is 3.29. The molecule has 0 saturated heterocycles. The molecule has 0 radical (unpaired) electrons. The van der Waals surface area contributed by atoms with E-state index in [1.807, 2.05) is 13.2 Å². The smallest absolute Gasteiger partial charge is 0.122 e. The number of rotatable bonds is 3. The molecule has 4 heteroatoms. The molecule has 2 aromatic rings. The highest BCUT2D eigenvalue weighted by Gasteiger charge is 2.13. The minimum Gasteiger partial charge on any atom is -0.493 e. The number of fused-ring (bicyclic) bond motifs is 1. The molecular formula is C14H17N3O. The van der Waals surface area contributed by atoms with Gasteiger partial charge < -0.3 is 10.1 Å². The third kappa shape index (κ3) is 1.99. The van der Waals surface area contributed by atoms with Gasteiger partial charge in [0.05, 0.1) is 18.5 Å². The molecule has 2 N–H and O–H groups in total. The van der Waals surface area contributed by atoms with Crippen LogP contribution in [0.3, 0.4) is 0 Å². The van der Waals surface area contributed by atoms with Gasteiger partial charge in [0.1, 0.15) is 5.75 Å².